The van der Waals surface area contributed by atoms with Gasteiger partial charge in [-0.25, -0.2) is 9.97 Å². The quantitative estimate of drug-likeness (QED) is 0.841. The third-order valence-corrected chi connectivity index (χ3v) is 3.66. The van der Waals surface area contributed by atoms with Gasteiger partial charge in [-0.1, -0.05) is 23.7 Å². The van der Waals surface area contributed by atoms with Gasteiger partial charge >= 0.3 is 0 Å². The van der Waals surface area contributed by atoms with Gasteiger partial charge in [0.05, 0.1) is 0 Å². The second-order valence-electron chi connectivity index (χ2n) is 4.69. The third kappa shape index (κ3) is 3.45. The topological polar surface area (TPSA) is 37.8 Å². The van der Waals surface area contributed by atoms with Gasteiger partial charge in [0.1, 0.15) is 16.2 Å². The zero-order valence-corrected chi connectivity index (χ0v) is 12.6. The Labute approximate surface area is 125 Å². The molecule has 5 heteroatoms. The van der Waals surface area contributed by atoms with E-state index in [9.17, 15) is 0 Å². The van der Waals surface area contributed by atoms with E-state index < -0.39 is 0 Å². The summed E-state index contributed by atoms with van der Waals surface area (Å²) in [6.07, 6.45) is 2.40. The highest BCUT2D eigenvalue weighted by molar-refractivity contribution is 9.10. The summed E-state index contributed by atoms with van der Waals surface area (Å²) in [7, 11) is 0. The highest BCUT2D eigenvalue weighted by atomic mass is 79.9. The first-order valence-corrected chi connectivity index (χ1v) is 7.40. The molecular weight excluding hydrogens is 326 g/mol. The fraction of sp³-hybridized carbons (Fsp3) is 0.286. The summed E-state index contributed by atoms with van der Waals surface area (Å²) in [5, 5.41) is 4.06. The SMILES string of the molecule is Clc1cccc(CNc2cc(Br)nc(C3CC3)n2)c1. The van der Waals surface area contributed by atoms with Gasteiger partial charge in [-0.2, -0.15) is 0 Å². The molecule has 1 heterocycles. The lowest BCUT2D eigenvalue weighted by atomic mass is 10.2. The number of aromatic nitrogens is 2. The standard InChI is InChI=1S/C14H13BrClN3/c15-12-7-13(19-14(18-12)10-4-5-10)17-8-9-2-1-3-11(16)6-9/h1-3,6-7,10H,4-5,8H2,(H,17,18,19). The number of hydrogen-bond acceptors (Lipinski definition) is 3. The van der Waals surface area contributed by atoms with Crippen LogP contribution in [0.1, 0.15) is 30.1 Å². The Bertz CT molecular complexity index is 599. The highest BCUT2D eigenvalue weighted by Gasteiger charge is 2.27. The monoisotopic (exact) mass is 337 g/mol. The molecule has 0 bridgehead atoms. The smallest absolute Gasteiger partial charge is 0.135 e. The second-order valence-corrected chi connectivity index (χ2v) is 5.94. The van der Waals surface area contributed by atoms with Crippen LogP contribution in [0.5, 0.6) is 0 Å². The second kappa shape index (κ2) is 5.47. The molecule has 1 aromatic heterocycles. The number of nitrogens with zero attached hydrogens (tertiary/aromatic N) is 2. The van der Waals surface area contributed by atoms with Crippen LogP contribution in [-0.2, 0) is 6.54 Å². The van der Waals surface area contributed by atoms with Crippen LogP contribution in [0.2, 0.25) is 5.02 Å². The largest absolute Gasteiger partial charge is 0.366 e. The molecule has 0 atom stereocenters. The molecule has 0 aliphatic heterocycles. The molecule has 19 heavy (non-hydrogen) atoms. The molecular formula is C14H13BrClN3. The van der Waals surface area contributed by atoms with Crippen molar-refractivity contribution in [2.45, 2.75) is 25.3 Å². The van der Waals surface area contributed by atoms with E-state index in [1.165, 1.54) is 12.8 Å². The molecule has 0 spiro atoms. The number of nitrogens with one attached hydrogen (secondary N) is 1. The minimum Gasteiger partial charge on any atom is -0.366 e. The van der Waals surface area contributed by atoms with Crippen LogP contribution in [-0.4, -0.2) is 9.97 Å². The van der Waals surface area contributed by atoms with Gasteiger partial charge in [0, 0.05) is 23.6 Å². The normalized spacial score (nSPS) is 14.4. The molecule has 1 aromatic carbocycles. The van der Waals surface area contributed by atoms with E-state index in [0.717, 1.165) is 26.8 Å². The van der Waals surface area contributed by atoms with Gasteiger partial charge in [0.25, 0.3) is 0 Å². The van der Waals surface area contributed by atoms with E-state index in [1.807, 2.05) is 30.3 Å². The number of halogens is 2. The van der Waals surface area contributed by atoms with Crippen molar-refractivity contribution < 1.29 is 0 Å². The van der Waals surface area contributed by atoms with E-state index in [0.29, 0.717) is 12.5 Å². The Hall–Kier alpha value is -1.13. The number of hydrogen-bond donors (Lipinski definition) is 1. The predicted molar refractivity (Wildman–Crippen MR) is 80.5 cm³/mol. The lowest BCUT2D eigenvalue weighted by Crippen LogP contribution is -2.04. The van der Waals surface area contributed by atoms with Crippen LogP contribution in [0.3, 0.4) is 0 Å². The van der Waals surface area contributed by atoms with Gasteiger partial charge in [-0.05, 0) is 46.5 Å². The molecule has 2 aromatic rings. The Morgan fingerprint density at radius 2 is 2.11 bits per heavy atom. The van der Waals surface area contributed by atoms with E-state index in [1.54, 1.807) is 0 Å². The summed E-state index contributed by atoms with van der Waals surface area (Å²) in [5.74, 6) is 2.33. The summed E-state index contributed by atoms with van der Waals surface area (Å²) in [6.45, 7) is 0.702. The van der Waals surface area contributed by atoms with Gasteiger partial charge in [-0.15, -0.1) is 0 Å². The maximum absolute atomic E-state index is 5.97. The lowest BCUT2D eigenvalue weighted by Gasteiger charge is -2.08. The molecule has 0 saturated heterocycles. The van der Waals surface area contributed by atoms with Crippen molar-refractivity contribution in [3.05, 3.63) is 51.3 Å². The van der Waals surface area contributed by atoms with Gasteiger partial charge in [0.15, 0.2) is 0 Å². The molecule has 1 N–H and O–H groups in total. The third-order valence-electron chi connectivity index (χ3n) is 3.02. The van der Waals surface area contributed by atoms with E-state index in [4.69, 9.17) is 11.6 Å². The zero-order valence-electron chi connectivity index (χ0n) is 10.2. The van der Waals surface area contributed by atoms with E-state index in [-0.39, 0.29) is 0 Å². The average Bonchev–Trinajstić information content (AvgIpc) is 3.20. The van der Waals surface area contributed by atoms with Gasteiger partial charge in [0.2, 0.25) is 0 Å². The first-order valence-electron chi connectivity index (χ1n) is 6.23. The fourth-order valence-corrected chi connectivity index (χ4v) is 2.50. The Morgan fingerprint density at radius 1 is 1.26 bits per heavy atom. The molecule has 3 nitrogen and oxygen atoms in total. The van der Waals surface area contributed by atoms with E-state index >= 15 is 0 Å². The van der Waals surface area contributed by atoms with E-state index in [2.05, 4.69) is 31.2 Å². The molecule has 0 radical (unpaired) electrons. The van der Waals surface area contributed by atoms with Crippen LogP contribution in [0.25, 0.3) is 0 Å². The summed E-state index contributed by atoms with van der Waals surface area (Å²) in [5.41, 5.74) is 1.13. The zero-order chi connectivity index (χ0) is 13.2. The van der Waals surface area contributed by atoms with Crippen LogP contribution >= 0.6 is 27.5 Å². The fourth-order valence-electron chi connectivity index (χ4n) is 1.89. The van der Waals surface area contributed by atoms with Crippen molar-refractivity contribution in [1.29, 1.82) is 0 Å². The highest BCUT2D eigenvalue weighted by Crippen LogP contribution is 2.38. The lowest BCUT2D eigenvalue weighted by molar-refractivity contribution is 0.910. The van der Waals surface area contributed by atoms with Crippen molar-refractivity contribution in [2.75, 3.05) is 5.32 Å². The Morgan fingerprint density at radius 3 is 2.84 bits per heavy atom. The van der Waals surface area contributed by atoms with Crippen molar-refractivity contribution in [1.82, 2.24) is 9.97 Å². The van der Waals surface area contributed by atoms with Gasteiger partial charge in [-0.3, -0.25) is 0 Å². The van der Waals surface area contributed by atoms with Crippen LogP contribution in [0.15, 0.2) is 34.9 Å². The number of benzene rings is 1. The molecule has 1 aliphatic carbocycles. The predicted octanol–water partition coefficient (Wildman–Crippen LogP) is 4.38. The molecule has 0 unspecified atom stereocenters. The minimum absolute atomic E-state index is 0.546. The first kappa shape index (κ1) is 12.9. The van der Waals surface area contributed by atoms with Crippen molar-refractivity contribution >= 4 is 33.3 Å². The molecule has 3 rings (SSSR count). The molecule has 1 aliphatic rings. The maximum atomic E-state index is 5.97. The number of rotatable bonds is 4. The van der Waals surface area contributed by atoms with Gasteiger partial charge < -0.3 is 5.32 Å². The maximum Gasteiger partial charge on any atom is 0.135 e. The van der Waals surface area contributed by atoms with Crippen molar-refractivity contribution in [3.63, 3.8) is 0 Å². The van der Waals surface area contributed by atoms with Crippen LogP contribution in [0, 0.1) is 0 Å². The molecule has 0 amide bonds. The summed E-state index contributed by atoms with van der Waals surface area (Å²) < 4.78 is 0.831. The average molecular weight is 339 g/mol. The summed E-state index contributed by atoms with van der Waals surface area (Å²) in [4.78, 5) is 8.96. The van der Waals surface area contributed by atoms with Crippen LogP contribution in [0.4, 0.5) is 5.82 Å². The minimum atomic E-state index is 0.546. The van der Waals surface area contributed by atoms with Crippen molar-refractivity contribution in [2.24, 2.45) is 0 Å². The Balaban J connectivity index is 1.72. The van der Waals surface area contributed by atoms with Crippen molar-refractivity contribution in [3.8, 4) is 0 Å². The summed E-state index contributed by atoms with van der Waals surface area (Å²) in [6, 6.07) is 9.71. The summed E-state index contributed by atoms with van der Waals surface area (Å²) >= 11 is 9.40. The first-order chi connectivity index (χ1) is 9.20. The Kier molecular flexibility index (Phi) is 3.71. The molecule has 98 valence electrons. The van der Waals surface area contributed by atoms with Crippen LogP contribution < -0.4 is 5.32 Å². The molecule has 1 saturated carbocycles. The number of anilines is 1. The molecule has 1 fully saturated rings.